The summed E-state index contributed by atoms with van der Waals surface area (Å²) in [6, 6.07) is 7.79. The van der Waals surface area contributed by atoms with Gasteiger partial charge in [0.1, 0.15) is 10.8 Å². The van der Waals surface area contributed by atoms with Gasteiger partial charge in [0.15, 0.2) is 0 Å². The van der Waals surface area contributed by atoms with E-state index in [9.17, 15) is 9.59 Å². The molecule has 2 aliphatic rings. The highest BCUT2D eigenvalue weighted by Gasteiger charge is 2.42. The Bertz CT molecular complexity index is 944. The molecular weight excluding hydrogens is 414 g/mol. The Labute approximate surface area is 186 Å². The van der Waals surface area contributed by atoms with Crippen LogP contribution in [0.2, 0.25) is 0 Å². The lowest BCUT2D eigenvalue weighted by molar-refractivity contribution is -0.122. The van der Waals surface area contributed by atoms with Crippen molar-refractivity contribution in [1.82, 2.24) is 0 Å². The van der Waals surface area contributed by atoms with E-state index in [1.807, 2.05) is 24.3 Å². The molecule has 0 saturated heterocycles. The van der Waals surface area contributed by atoms with E-state index in [0.29, 0.717) is 36.8 Å². The highest BCUT2D eigenvalue weighted by molar-refractivity contribution is 7.17. The maximum atomic E-state index is 13.8. The lowest BCUT2D eigenvalue weighted by Gasteiger charge is -2.36. The van der Waals surface area contributed by atoms with Crippen LogP contribution in [0.15, 0.2) is 24.3 Å². The van der Waals surface area contributed by atoms with Gasteiger partial charge in [-0.1, -0.05) is 31.4 Å². The van der Waals surface area contributed by atoms with E-state index in [1.165, 1.54) is 11.3 Å². The van der Waals surface area contributed by atoms with Crippen LogP contribution >= 0.6 is 11.3 Å². The van der Waals surface area contributed by atoms with Gasteiger partial charge in [0.25, 0.3) is 0 Å². The van der Waals surface area contributed by atoms with E-state index in [-0.39, 0.29) is 11.9 Å². The molecule has 2 heterocycles. The van der Waals surface area contributed by atoms with Crippen LogP contribution < -0.4 is 10.1 Å². The van der Waals surface area contributed by atoms with E-state index >= 15 is 0 Å². The zero-order chi connectivity index (χ0) is 21.8. The molecule has 1 N–H and O–H groups in total. The molecule has 1 fully saturated rings. The second kappa shape index (κ2) is 9.40. The second-order valence-corrected chi connectivity index (χ2v) is 9.16. The zero-order valence-electron chi connectivity index (χ0n) is 18.1. The third-order valence-electron chi connectivity index (χ3n) is 6.31. The van der Waals surface area contributed by atoms with Crippen LogP contribution in [0.3, 0.4) is 0 Å². The highest BCUT2D eigenvalue weighted by Crippen LogP contribution is 2.43. The average Bonchev–Trinajstić information content (AvgIpc) is 3.17. The third kappa shape index (κ3) is 4.21. The predicted molar refractivity (Wildman–Crippen MR) is 120 cm³/mol. The van der Waals surface area contributed by atoms with Crippen molar-refractivity contribution in [2.75, 3.05) is 25.6 Å². The number of rotatable bonds is 6. The molecule has 4 rings (SSSR count). The zero-order valence-corrected chi connectivity index (χ0v) is 18.9. The van der Waals surface area contributed by atoms with E-state index in [4.69, 9.17) is 14.2 Å². The molecule has 1 aliphatic heterocycles. The normalized spacial score (nSPS) is 17.5. The molecule has 6 nitrogen and oxygen atoms in total. The first-order chi connectivity index (χ1) is 15.1. The molecule has 31 heavy (non-hydrogen) atoms. The largest absolute Gasteiger partial charge is 0.497 e. The summed E-state index contributed by atoms with van der Waals surface area (Å²) in [5.41, 5.74) is 1.83. The van der Waals surface area contributed by atoms with Crippen molar-refractivity contribution in [3.05, 3.63) is 45.8 Å². The quantitative estimate of drug-likeness (QED) is 0.646. The summed E-state index contributed by atoms with van der Waals surface area (Å²) in [5.74, 6) is 0.340. The van der Waals surface area contributed by atoms with Gasteiger partial charge in [0, 0.05) is 4.88 Å². The number of amides is 1. The molecule has 7 heteroatoms. The molecule has 1 aromatic carbocycles. The summed E-state index contributed by atoms with van der Waals surface area (Å²) in [6.07, 6.45) is 5.35. The maximum Gasteiger partial charge on any atom is 0.341 e. The predicted octanol–water partition coefficient (Wildman–Crippen LogP) is 4.85. The lowest BCUT2D eigenvalue weighted by Crippen LogP contribution is -2.42. The molecule has 1 aromatic heterocycles. The Morgan fingerprint density at radius 2 is 1.90 bits per heavy atom. The lowest BCUT2D eigenvalue weighted by atomic mass is 9.68. The van der Waals surface area contributed by atoms with E-state index in [2.05, 4.69) is 5.32 Å². The number of thiophene rings is 1. The van der Waals surface area contributed by atoms with Crippen molar-refractivity contribution in [3.63, 3.8) is 0 Å². The number of carbonyl (C=O) groups is 2. The summed E-state index contributed by atoms with van der Waals surface area (Å²) in [6.45, 7) is 3.12. The van der Waals surface area contributed by atoms with Crippen molar-refractivity contribution >= 4 is 28.2 Å². The van der Waals surface area contributed by atoms with Gasteiger partial charge >= 0.3 is 5.97 Å². The number of methoxy groups -OCH3 is 1. The van der Waals surface area contributed by atoms with Crippen LogP contribution in [0.25, 0.3) is 0 Å². The van der Waals surface area contributed by atoms with Crippen LogP contribution in [-0.2, 0) is 32.7 Å². The van der Waals surface area contributed by atoms with Gasteiger partial charge in [-0.05, 0) is 49.4 Å². The number of anilines is 1. The Balaban J connectivity index is 1.69. The van der Waals surface area contributed by atoms with Gasteiger partial charge in [-0.2, -0.15) is 0 Å². The third-order valence-corrected chi connectivity index (χ3v) is 7.43. The van der Waals surface area contributed by atoms with Gasteiger partial charge in [0.2, 0.25) is 5.91 Å². The molecule has 2 aromatic rings. The molecule has 1 aliphatic carbocycles. The van der Waals surface area contributed by atoms with E-state index in [0.717, 1.165) is 53.9 Å². The fraction of sp³-hybridized carbons (Fsp3) is 0.500. The van der Waals surface area contributed by atoms with Crippen molar-refractivity contribution < 1.29 is 23.8 Å². The number of nitrogens with one attached hydrogen (secondary N) is 1. The highest BCUT2D eigenvalue weighted by atomic mass is 32.1. The van der Waals surface area contributed by atoms with E-state index in [1.54, 1.807) is 14.0 Å². The van der Waals surface area contributed by atoms with Crippen molar-refractivity contribution in [1.29, 1.82) is 0 Å². The SMILES string of the molecule is CCOC(=O)c1c(NC(=O)C2(c3ccc(OC)cc3)CCCCC2)sc2c1CCOC2. The van der Waals surface area contributed by atoms with Gasteiger partial charge in [-0.3, -0.25) is 4.79 Å². The number of hydrogen-bond donors (Lipinski definition) is 1. The van der Waals surface area contributed by atoms with E-state index < -0.39 is 5.41 Å². The van der Waals surface area contributed by atoms with Crippen molar-refractivity contribution in [2.45, 2.75) is 57.5 Å². The standard InChI is InChI=1S/C24H29NO5S/c1-3-30-22(26)20-18-11-14-29-15-19(18)31-21(20)25-23(27)24(12-5-4-6-13-24)16-7-9-17(28-2)10-8-16/h7-10H,3-6,11-15H2,1-2H3,(H,25,27). The summed E-state index contributed by atoms with van der Waals surface area (Å²) in [7, 11) is 1.64. The molecule has 0 radical (unpaired) electrons. The number of fused-ring (bicyclic) bond motifs is 1. The fourth-order valence-corrected chi connectivity index (χ4v) is 5.84. The minimum Gasteiger partial charge on any atom is -0.497 e. The molecule has 0 spiro atoms. The fourth-order valence-electron chi connectivity index (χ4n) is 4.67. The first-order valence-corrected chi connectivity index (χ1v) is 11.8. The Hall–Kier alpha value is -2.38. The second-order valence-electron chi connectivity index (χ2n) is 8.06. The minimum absolute atomic E-state index is 0.0533. The first-order valence-electron chi connectivity index (χ1n) is 10.9. The van der Waals surface area contributed by atoms with Gasteiger partial charge in [-0.15, -0.1) is 11.3 Å². The number of hydrogen-bond acceptors (Lipinski definition) is 6. The Morgan fingerprint density at radius 1 is 1.16 bits per heavy atom. The number of benzene rings is 1. The molecule has 0 bridgehead atoms. The number of carbonyl (C=O) groups excluding carboxylic acids is 2. The molecule has 166 valence electrons. The summed E-state index contributed by atoms with van der Waals surface area (Å²) in [5, 5.41) is 3.72. The van der Waals surface area contributed by atoms with Gasteiger partial charge in [0.05, 0.1) is 37.9 Å². The first kappa shape index (κ1) is 21.8. The van der Waals surface area contributed by atoms with Crippen LogP contribution in [0.1, 0.15) is 65.4 Å². The Morgan fingerprint density at radius 3 is 2.58 bits per heavy atom. The van der Waals surface area contributed by atoms with Crippen molar-refractivity contribution in [3.8, 4) is 5.75 Å². The summed E-state index contributed by atoms with van der Waals surface area (Å²) >= 11 is 1.43. The van der Waals surface area contributed by atoms with Crippen LogP contribution in [0.5, 0.6) is 5.75 Å². The molecule has 0 unspecified atom stereocenters. The topological polar surface area (TPSA) is 73.9 Å². The molecular formula is C24H29NO5S. The monoisotopic (exact) mass is 443 g/mol. The Kier molecular flexibility index (Phi) is 6.62. The van der Waals surface area contributed by atoms with Gasteiger partial charge in [-0.25, -0.2) is 4.79 Å². The van der Waals surface area contributed by atoms with Gasteiger partial charge < -0.3 is 19.5 Å². The summed E-state index contributed by atoms with van der Waals surface area (Å²) in [4.78, 5) is 27.5. The number of esters is 1. The average molecular weight is 444 g/mol. The van der Waals surface area contributed by atoms with Crippen LogP contribution in [-0.4, -0.2) is 32.2 Å². The summed E-state index contributed by atoms with van der Waals surface area (Å²) < 4.78 is 16.2. The molecule has 0 atom stereocenters. The molecule has 1 amide bonds. The van der Waals surface area contributed by atoms with Crippen LogP contribution in [0.4, 0.5) is 5.00 Å². The minimum atomic E-state index is -0.614. The maximum absolute atomic E-state index is 13.8. The number of ether oxygens (including phenoxy) is 3. The van der Waals surface area contributed by atoms with Crippen LogP contribution in [0, 0.1) is 0 Å². The smallest absolute Gasteiger partial charge is 0.341 e. The van der Waals surface area contributed by atoms with Crippen molar-refractivity contribution in [2.24, 2.45) is 0 Å². The molecule has 1 saturated carbocycles.